The van der Waals surface area contributed by atoms with Crippen LogP contribution in [0.2, 0.25) is 5.02 Å². The zero-order chi connectivity index (χ0) is 21.8. The summed E-state index contributed by atoms with van der Waals surface area (Å²) in [5, 5.41) is 12.2. The molecule has 1 amide bonds. The third-order valence-electron chi connectivity index (χ3n) is 5.42. The highest BCUT2D eigenvalue weighted by molar-refractivity contribution is 6.30. The van der Waals surface area contributed by atoms with Gasteiger partial charge in [-0.3, -0.25) is 9.20 Å². The number of benzene rings is 1. The molecule has 1 aliphatic heterocycles. The number of carbonyl (C=O) groups excluding carboxylic acids is 1. The quantitative estimate of drug-likeness (QED) is 0.603. The van der Waals surface area contributed by atoms with E-state index in [-0.39, 0.29) is 11.8 Å². The highest BCUT2D eigenvalue weighted by Crippen LogP contribution is 2.28. The number of aromatic nitrogens is 3. The van der Waals surface area contributed by atoms with Crippen LogP contribution in [-0.2, 0) is 11.3 Å². The Hall–Kier alpha value is -3.00. The van der Waals surface area contributed by atoms with E-state index in [2.05, 4.69) is 20.4 Å². The predicted molar refractivity (Wildman–Crippen MR) is 119 cm³/mol. The molecule has 3 heterocycles. The molecule has 9 heteroatoms. The Kier molecular flexibility index (Phi) is 6.46. The summed E-state index contributed by atoms with van der Waals surface area (Å²) in [6, 6.07) is 9.31. The SMILES string of the molecule is CCOc1cc(CNC(=O)C2CCCN(c3nnc4ccc(Cl)cn34)C2)ccc1OC. The highest BCUT2D eigenvalue weighted by Gasteiger charge is 2.28. The second kappa shape index (κ2) is 9.43. The van der Waals surface area contributed by atoms with Crippen LogP contribution in [0.25, 0.3) is 5.65 Å². The zero-order valence-corrected chi connectivity index (χ0v) is 18.4. The van der Waals surface area contributed by atoms with Gasteiger partial charge in [-0.15, -0.1) is 10.2 Å². The summed E-state index contributed by atoms with van der Waals surface area (Å²) in [7, 11) is 1.61. The average molecular weight is 444 g/mol. The molecule has 4 rings (SSSR count). The maximum Gasteiger partial charge on any atom is 0.231 e. The van der Waals surface area contributed by atoms with E-state index in [1.165, 1.54) is 0 Å². The number of carbonyl (C=O) groups is 1. The van der Waals surface area contributed by atoms with Crippen molar-refractivity contribution in [1.82, 2.24) is 19.9 Å². The Labute approximate surface area is 186 Å². The van der Waals surface area contributed by atoms with E-state index >= 15 is 0 Å². The van der Waals surface area contributed by atoms with Crippen molar-refractivity contribution in [1.29, 1.82) is 0 Å². The maximum absolute atomic E-state index is 12.9. The molecule has 0 bridgehead atoms. The van der Waals surface area contributed by atoms with Crippen LogP contribution in [0.3, 0.4) is 0 Å². The standard InChI is InChI=1S/C22H26ClN5O3/c1-3-31-19-11-15(6-8-18(19)30-2)12-24-21(29)16-5-4-10-27(13-16)22-26-25-20-9-7-17(23)14-28(20)22/h6-9,11,14,16H,3-5,10,12-13H2,1-2H3,(H,24,29). The van der Waals surface area contributed by atoms with E-state index < -0.39 is 0 Å². The van der Waals surface area contributed by atoms with Gasteiger partial charge in [0.15, 0.2) is 17.1 Å². The van der Waals surface area contributed by atoms with Crippen LogP contribution in [0.1, 0.15) is 25.3 Å². The normalized spacial score (nSPS) is 16.4. The zero-order valence-electron chi connectivity index (χ0n) is 17.7. The van der Waals surface area contributed by atoms with Crippen molar-refractivity contribution in [2.24, 2.45) is 5.92 Å². The molecule has 1 aliphatic rings. The number of amides is 1. The maximum atomic E-state index is 12.9. The Morgan fingerprint density at radius 2 is 2.13 bits per heavy atom. The number of anilines is 1. The van der Waals surface area contributed by atoms with Gasteiger partial charge in [-0.2, -0.15) is 0 Å². The summed E-state index contributed by atoms with van der Waals surface area (Å²) in [5.74, 6) is 1.99. The Morgan fingerprint density at radius 3 is 2.94 bits per heavy atom. The molecule has 1 aromatic carbocycles. The summed E-state index contributed by atoms with van der Waals surface area (Å²) in [5.41, 5.74) is 1.69. The van der Waals surface area contributed by atoms with Gasteiger partial charge in [0.25, 0.3) is 0 Å². The Morgan fingerprint density at radius 1 is 1.26 bits per heavy atom. The fourth-order valence-corrected chi connectivity index (χ4v) is 4.03. The fourth-order valence-electron chi connectivity index (χ4n) is 3.87. The van der Waals surface area contributed by atoms with Gasteiger partial charge >= 0.3 is 0 Å². The van der Waals surface area contributed by atoms with Crippen LogP contribution in [0.4, 0.5) is 5.95 Å². The first-order valence-electron chi connectivity index (χ1n) is 10.4. The molecule has 1 fully saturated rings. The van der Waals surface area contributed by atoms with E-state index in [0.29, 0.717) is 42.2 Å². The second-order valence-electron chi connectivity index (χ2n) is 7.50. The molecule has 2 aromatic heterocycles. The molecular formula is C22H26ClN5O3. The molecule has 0 radical (unpaired) electrons. The summed E-state index contributed by atoms with van der Waals surface area (Å²) in [6.07, 6.45) is 3.55. The van der Waals surface area contributed by atoms with Crippen LogP contribution >= 0.6 is 11.6 Å². The van der Waals surface area contributed by atoms with E-state index in [9.17, 15) is 4.79 Å². The van der Waals surface area contributed by atoms with Crippen molar-refractivity contribution in [3.8, 4) is 11.5 Å². The number of nitrogens with zero attached hydrogens (tertiary/aromatic N) is 4. The van der Waals surface area contributed by atoms with E-state index in [1.807, 2.05) is 35.6 Å². The first-order chi connectivity index (χ1) is 15.1. The number of fused-ring (bicyclic) bond motifs is 1. The van der Waals surface area contributed by atoms with Gasteiger partial charge in [-0.25, -0.2) is 0 Å². The van der Waals surface area contributed by atoms with Crippen LogP contribution in [0.5, 0.6) is 11.5 Å². The minimum atomic E-state index is -0.120. The molecule has 0 saturated carbocycles. The van der Waals surface area contributed by atoms with Crippen molar-refractivity contribution in [2.45, 2.75) is 26.3 Å². The van der Waals surface area contributed by atoms with Crippen molar-refractivity contribution >= 4 is 29.1 Å². The third-order valence-corrected chi connectivity index (χ3v) is 5.64. The summed E-state index contributed by atoms with van der Waals surface area (Å²) in [4.78, 5) is 15.0. The molecule has 1 atom stereocenters. The monoisotopic (exact) mass is 443 g/mol. The lowest BCUT2D eigenvalue weighted by Crippen LogP contribution is -2.43. The summed E-state index contributed by atoms with van der Waals surface area (Å²) < 4.78 is 12.8. The molecular weight excluding hydrogens is 418 g/mol. The van der Waals surface area contributed by atoms with Gasteiger partial charge in [0.05, 0.1) is 24.7 Å². The predicted octanol–water partition coefficient (Wildman–Crippen LogP) is 3.32. The van der Waals surface area contributed by atoms with Gasteiger partial charge < -0.3 is 19.7 Å². The van der Waals surface area contributed by atoms with Crippen molar-refractivity contribution in [2.75, 3.05) is 31.7 Å². The fraction of sp³-hybridized carbons (Fsp3) is 0.409. The first-order valence-corrected chi connectivity index (χ1v) is 10.8. The van der Waals surface area contributed by atoms with Crippen molar-refractivity contribution in [3.05, 3.63) is 47.1 Å². The van der Waals surface area contributed by atoms with Gasteiger partial charge in [0, 0.05) is 25.8 Å². The summed E-state index contributed by atoms with van der Waals surface area (Å²) in [6.45, 7) is 4.32. The van der Waals surface area contributed by atoms with Gasteiger partial charge in [-0.1, -0.05) is 17.7 Å². The van der Waals surface area contributed by atoms with Crippen LogP contribution < -0.4 is 19.7 Å². The minimum Gasteiger partial charge on any atom is -0.493 e. The number of ether oxygens (including phenoxy) is 2. The third kappa shape index (κ3) is 4.69. The minimum absolute atomic E-state index is 0.0327. The Bertz CT molecular complexity index is 1070. The van der Waals surface area contributed by atoms with Gasteiger partial charge in [-0.05, 0) is 49.6 Å². The molecule has 8 nitrogen and oxygen atoms in total. The molecule has 1 unspecified atom stereocenters. The molecule has 164 valence electrons. The lowest BCUT2D eigenvalue weighted by Gasteiger charge is -2.32. The van der Waals surface area contributed by atoms with E-state index in [4.69, 9.17) is 21.1 Å². The van der Waals surface area contributed by atoms with Gasteiger partial charge in [0.2, 0.25) is 11.9 Å². The molecule has 3 aromatic rings. The molecule has 1 N–H and O–H groups in total. The first kappa shape index (κ1) is 21.2. The highest BCUT2D eigenvalue weighted by atomic mass is 35.5. The average Bonchev–Trinajstić information content (AvgIpc) is 3.21. The van der Waals surface area contributed by atoms with E-state index in [1.54, 1.807) is 19.4 Å². The number of nitrogens with one attached hydrogen (secondary N) is 1. The lowest BCUT2D eigenvalue weighted by molar-refractivity contribution is -0.125. The van der Waals surface area contributed by atoms with Gasteiger partial charge in [0.1, 0.15) is 0 Å². The summed E-state index contributed by atoms with van der Waals surface area (Å²) >= 11 is 6.14. The Balaban J connectivity index is 1.41. The largest absolute Gasteiger partial charge is 0.493 e. The number of halogens is 1. The number of pyridine rings is 1. The number of piperidine rings is 1. The van der Waals surface area contributed by atoms with Crippen molar-refractivity contribution in [3.63, 3.8) is 0 Å². The topological polar surface area (TPSA) is 81.0 Å². The molecule has 0 aliphatic carbocycles. The van der Waals surface area contributed by atoms with Crippen molar-refractivity contribution < 1.29 is 14.3 Å². The van der Waals surface area contributed by atoms with Crippen LogP contribution in [0, 0.1) is 5.92 Å². The molecule has 31 heavy (non-hydrogen) atoms. The van der Waals surface area contributed by atoms with E-state index in [0.717, 1.165) is 30.6 Å². The smallest absolute Gasteiger partial charge is 0.231 e. The second-order valence-corrected chi connectivity index (χ2v) is 7.93. The van der Waals surface area contributed by atoms with Crippen LogP contribution in [-0.4, -0.2) is 47.3 Å². The number of methoxy groups -OCH3 is 1. The number of rotatable bonds is 7. The lowest BCUT2D eigenvalue weighted by atomic mass is 9.97. The molecule has 0 spiro atoms. The number of hydrogen-bond donors (Lipinski definition) is 1. The number of hydrogen-bond acceptors (Lipinski definition) is 6. The van der Waals surface area contributed by atoms with Crippen LogP contribution in [0.15, 0.2) is 36.5 Å². The molecule has 1 saturated heterocycles.